The first-order valence-corrected chi connectivity index (χ1v) is 6.80. The maximum atomic E-state index is 12.1. The van der Waals surface area contributed by atoms with Crippen LogP contribution in [-0.2, 0) is 11.2 Å². The number of likely N-dealkylation sites (N-methyl/N-ethyl adjacent to an activating group) is 1. The van der Waals surface area contributed by atoms with Gasteiger partial charge in [0.2, 0.25) is 0 Å². The number of benzene rings is 1. The van der Waals surface area contributed by atoms with Gasteiger partial charge in [0.1, 0.15) is 0 Å². The predicted molar refractivity (Wildman–Crippen MR) is 80.3 cm³/mol. The number of aliphatic hydroxyl groups is 1. The number of carboxylic acid groups (broad SMARTS) is 1. The topological polar surface area (TPSA) is 89.9 Å². The molecule has 1 aromatic carbocycles. The molecular formula is C15H22N2O4. The Morgan fingerprint density at radius 3 is 2.24 bits per heavy atom. The highest BCUT2D eigenvalue weighted by Gasteiger charge is 2.21. The van der Waals surface area contributed by atoms with Gasteiger partial charge in [-0.1, -0.05) is 12.1 Å². The highest BCUT2D eigenvalue weighted by molar-refractivity contribution is 5.89. The Kier molecular flexibility index (Phi) is 5.72. The van der Waals surface area contributed by atoms with Gasteiger partial charge in [0.25, 0.3) is 0 Å². The average molecular weight is 294 g/mol. The van der Waals surface area contributed by atoms with Crippen LogP contribution in [0.5, 0.6) is 0 Å². The number of hydrogen-bond donors (Lipinski definition) is 3. The van der Waals surface area contributed by atoms with Crippen molar-refractivity contribution < 1.29 is 19.8 Å². The minimum absolute atomic E-state index is 0.0476. The van der Waals surface area contributed by atoms with Crippen LogP contribution in [0, 0.1) is 0 Å². The zero-order chi connectivity index (χ0) is 16.0. The van der Waals surface area contributed by atoms with E-state index in [9.17, 15) is 14.7 Å². The molecule has 0 saturated heterocycles. The lowest BCUT2D eigenvalue weighted by Crippen LogP contribution is -2.44. The van der Waals surface area contributed by atoms with E-state index in [4.69, 9.17) is 5.11 Å². The van der Waals surface area contributed by atoms with E-state index in [1.165, 1.54) is 4.90 Å². The maximum absolute atomic E-state index is 12.1. The van der Waals surface area contributed by atoms with Crippen molar-refractivity contribution in [1.29, 1.82) is 0 Å². The molecule has 0 spiro atoms. The molecule has 0 aliphatic heterocycles. The first kappa shape index (κ1) is 17.0. The molecule has 0 radical (unpaired) electrons. The molecule has 0 aliphatic carbocycles. The molecule has 0 bridgehead atoms. The lowest BCUT2D eigenvalue weighted by atomic mass is 10.1. The van der Waals surface area contributed by atoms with Gasteiger partial charge >= 0.3 is 12.0 Å². The molecule has 1 rings (SSSR count). The van der Waals surface area contributed by atoms with E-state index in [0.717, 1.165) is 0 Å². The summed E-state index contributed by atoms with van der Waals surface area (Å²) in [5, 5.41) is 21.2. The summed E-state index contributed by atoms with van der Waals surface area (Å²) in [7, 11) is 0. The second-order valence-corrected chi connectivity index (χ2v) is 5.52. The summed E-state index contributed by atoms with van der Waals surface area (Å²) >= 11 is 0. The zero-order valence-electron chi connectivity index (χ0n) is 12.6. The van der Waals surface area contributed by atoms with Crippen LogP contribution in [0.25, 0.3) is 0 Å². The molecule has 6 nitrogen and oxygen atoms in total. The van der Waals surface area contributed by atoms with Crippen molar-refractivity contribution in [2.24, 2.45) is 0 Å². The molecular weight excluding hydrogens is 272 g/mol. The number of carbonyl (C=O) groups is 2. The van der Waals surface area contributed by atoms with Crippen LogP contribution in [-0.4, -0.2) is 45.8 Å². The smallest absolute Gasteiger partial charge is 0.321 e. The van der Waals surface area contributed by atoms with Crippen molar-refractivity contribution in [3.8, 4) is 0 Å². The third kappa shape index (κ3) is 6.27. The van der Waals surface area contributed by atoms with E-state index in [1.54, 1.807) is 38.1 Å². The normalized spacial score (nSPS) is 11.0. The first-order chi connectivity index (χ1) is 9.71. The molecule has 0 aliphatic rings. The molecule has 1 aromatic rings. The third-order valence-electron chi connectivity index (χ3n) is 2.81. The number of nitrogens with one attached hydrogen (secondary N) is 1. The third-order valence-corrected chi connectivity index (χ3v) is 2.81. The standard InChI is InChI=1S/C15H22N2O4/c1-4-17(10-15(2,3)21)14(20)16-12-7-5-11(6-8-12)9-13(18)19/h5-8,21H,4,9-10H2,1-3H3,(H,16,20)(H,18,19). The maximum Gasteiger partial charge on any atom is 0.321 e. The molecule has 0 saturated carbocycles. The average Bonchev–Trinajstić information content (AvgIpc) is 2.36. The molecule has 3 N–H and O–H groups in total. The molecule has 6 heteroatoms. The van der Waals surface area contributed by atoms with Gasteiger partial charge < -0.3 is 20.4 Å². The Morgan fingerprint density at radius 2 is 1.81 bits per heavy atom. The lowest BCUT2D eigenvalue weighted by Gasteiger charge is -2.28. The van der Waals surface area contributed by atoms with Crippen LogP contribution in [0.15, 0.2) is 24.3 Å². The zero-order valence-corrected chi connectivity index (χ0v) is 12.6. The van der Waals surface area contributed by atoms with Gasteiger partial charge in [-0.2, -0.15) is 0 Å². The van der Waals surface area contributed by atoms with Crippen LogP contribution >= 0.6 is 0 Å². The molecule has 0 heterocycles. The fourth-order valence-corrected chi connectivity index (χ4v) is 1.88. The van der Waals surface area contributed by atoms with Crippen LogP contribution in [0.3, 0.4) is 0 Å². The first-order valence-electron chi connectivity index (χ1n) is 6.80. The molecule has 21 heavy (non-hydrogen) atoms. The van der Waals surface area contributed by atoms with Gasteiger partial charge in [-0.05, 0) is 38.5 Å². The summed E-state index contributed by atoms with van der Waals surface area (Å²) in [5.74, 6) is -0.894. The van der Waals surface area contributed by atoms with Gasteiger partial charge in [0.15, 0.2) is 0 Å². The van der Waals surface area contributed by atoms with E-state index in [1.807, 2.05) is 6.92 Å². The Morgan fingerprint density at radius 1 is 1.24 bits per heavy atom. The van der Waals surface area contributed by atoms with Crippen molar-refractivity contribution in [3.05, 3.63) is 29.8 Å². The molecule has 116 valence electrons. The van der Waals surface area contributed by atoms with E-state index in [-0.39, 0.29) is 19.0 Å². The summed E-state index contributed by atoms with van der Waals surface area (Å²) in [6, 6.07) is 6.35. The Labute approximate surface area is 124 Å². The Hall–Kier alpha value is -2.08. The summed E-state index contributed by atoms with van der Waals surface area (Å²) in [6.45, 7) is 5.83. The summed E-state index contributed by atoms with van der Waals surface area (Å²) in [5.41, 5.74) is 0.297. The van der Waals surface area contributed by atoms with E-state index < -0.39 is 11.6 Å². The predicted octanol–water partition coefficient (Wildman–Crippen LogP) is 1.94. The SMILES string of the molecule is CCN(CC(C)(C)O)C(=O)Nc1ccc(CC(=O)O)cc1. The van der Waals surface area contributed by atoms with Crippen LogP contribution in [0.4, 0.5) is 10.5 Å². The minimum atomic E-state index is -0.960. The number of rotatable bonds is 6. The number of amides is 2. The minimum Gasteiger partial charge on any atom is -0.481 e. The number of carboxylic acids is 1. The number of hydrogen-bond acceptors (Lipinski definition) is 3. The fourth-order valence-electron chi connectivity index (χ4n) is 1.88. The quantitative estimate of drug-likeness (QED) is 0.748. The summed E-state index contributed by atoms with van der Waals surface area (Å²) in [4.78, 5) is 24.2. The largest absolute Gasteiger partial charge is 0.481 e. The lowest BCUT2D eigenvalue weighted by molar-refractivity contribution is -0.136. The van der Waals surface area contributed by atoms with Gasteiger partial charge in [0, 0.05) is 12.2 Å². The van der Waals surface area contributed by atoms with Gasteiger partial charge in [-0.3, -0.25) is 4.79 Å². The van der Waals surface area contributed by atoms with Crippen LogP contribution in [0.2, 0.25) is 0 Å². The number of nitrogens with zero attached hydrogens (tertiary/aromatic N) is 1. The van der Waals surface area contributed by atoms with Crippen LogP contribution < -0.4 is 5.32 Å². The number of aliphatic carboxylic acids is 1. The Balaban J connectivity index is 2.66. The fraction of sp³-hybridized carbons (Fsp3) is 0.467. The van der Waals surface area contributed by atoms with E-state index in [0.29, 0.717) is 17.8 Å². The second-order valence-electron chi connectivity index (χ2n) is 5.52. The monoisotopic (exact) mass is 294 g/mol. The number of anilines is 1. The number of carbonyl (C=O) groups excluding carboxylic acids is 1. The van der Waals surface area contributed by atoms with Gasteiger partial charge in [-0.25, -0.2) is 4.79 Å². The van der Waals surface area contributed by atoms with Crippen molar-refractivity contribution in [2.45, 2.75) is 32.8 Å². The Bertz CT molecular complexity index is 491. The summed E-state index contributed by atoms with van der Waals surface area (Å²) < 4.78 is 0. The number of urea groups is 1. The second kappa shape index (κ2) is 7.08. The highest BCUT2D eigenvalue weighted by Crippen LogP contribution is 2.12. The van der Waals surface area contributed by atoms with Crippen molar-refractivity contribution in [2.75, 3.05) is 18.4 Å². The van der Waals surface area contributed by atoms with E-state index >= 15 is 0 Å². The molecule has 0 fully saturated rings. The van der Waals surface area contributed by atoms with Crippen molar-refractivity contribution in [3.63, 3.8) is 0 Å². The van der Waals surface area contributed by atoms with Crippen molar-refractivity contribution >= 4 is 17.7 Å². The molecule has 0 atom stereocenters. The molecule has 2 amide bonds. The van der Waals surface area contributed by atoms with Crippen LogP contribution in [0.1, 0.15) is 26.3 Å². The van der Waals surface area contributed by atoms with E-state index in [2.05, 4.69) is 5.32 Å². The molecule has 0 unspecified atom stereocenters. The summed E-state index contributed by atoms with van der Waals surface area (Å²) in [6.07, 6.45) is -0.0476. The van der Waals surface area contributed by atoms with Gasteiger partial charge in [0.05, 0.1) is 18.6 Å². The van der Waals surface area contributed by atoms with Gasteiger partial charge in [-0.15, -0.1) is 0 Å². The highest BCUT2D eigenvalue weighted by atomic mass is 16.4. The molecule has 0 aromatic heterocycles. The van der Waals surface area contributed by atoms with Crippen molar-refractivity contribution in [1.82, 2.24) is 4.90 Å².